The molecule has 0 saturated carbocycles. The van der Waals surface area contributed by atoms with Crippen molar-refractivity contribution in [2.24, 2.45) is 0 Å². The lowest BCUT2D eigenvalue weighted by Crippen LogP contribution is -2.34. The Kier molecular flexibility index (Phi) is 7.55. The summed E-state index contributed by atoms with van der Waals surface area (Å²) in [6.07, 6.45) is -3.67. The Morgan fingerprint density at radius 3 is 2.47 bits per heavy atom. The van der Waals surface area contributed by atoms with E-state index in [1.54, 1.807) is 12.1 Å². The van der Waals surface area contributed by atoms with Crippen molar-refractivity contribution in [3.63, 3.8) is 0 Å². The standard InChI is InChI=1S/C30H25F6N3O4/c31-19-10-23(32)21(24(33)11-19)15-43-27-9-18-12-38(5-3-16(18)7-22(27)30(34,35)36)14-28-37-25-2-1-17(29(40)41)8-26(25)39(28)13-20-4-6-42-20/h1-2,7-11,20H,3-6,12-15H2,(H,40,41)/t20-/m0/s1. The molecule has 1 fully saturated rings. The molecule has 2 aliphatic rings. The minimum atomic E-state index is -4.79. The number of halogens is 6. The molecule has 3 heterocycles. The second-order valence-electron chi connectivity index (χ2n) is 10.6. The smallest absolute Gasteiger partial charge is 0.419 e. The molecule has 1 N–H and O–H groups in total. The lowest BCUT2D eigenvalue weighted by atomic mass is 9.96. The van der Waals surface area contributed by atoms with Crippen molar-refractivity contribution < 1.29 is 45.7 Å². The summed E-state index contributed by atoms with van der Waals surface area (Å²) >= 11 is 0. The molecule has 1 saturated heterocycles. The summed E-state index contributed by atoms with van der Waals surface area (Å²) in [4.78, 5) is 18.3. The molecule has 0 amide bonds. The first kappa shape index (κ1) is 29.0. The molecule has 7 nitrogen and oxygen atoms in total. The summed E-state index contributed by atoms with van der Waals surface area (Å²) in [7, 11) is 0. The van der Waals surface area contributed by atoms with Gasteiger partial charge in [0.2, 0.25) is 0 Å². The molecule has 13 heteroatoms. The second kappa shape index (κ2) is 11.2. The van der Waals surface area contributed by atoms with E-state index in [2.05, 4.69) is 0 Å². The predicted octanol–water partition coefficient (Wildman–Crippen LogP) is 6.10. The van der Waals surface area contributed by atoms with Gasteiger partial charge in [-0.25, -0.2) is 22.9 Å². The number of ether oxygens (including phenoxy) is 2. The van der Waals surface area contributed by atoms with Crippen molar-refractivity contribution >= 4 is 17.0 Å². The van der Waals surface area contributed by atoms with E-state index in [9.17, 15) is 36.2 Å². The van der Waals surface area contributed by atoms with E-state index in [-0.39, 0.29) is 18.2 Å². The number of nitrogens with zero attached hydrogens (tertiary/aromatic N) is 3. The fraction of sp³-hybridized carbons (Fsp3) is 0.333. The van der Waals surface area contributed by atoms with Crippen LogP contribution in [0.5, 0.6) is 5.75 Å². The van der Waals surface area contributed by atoms with E-state index in [1.807, 2.05) is 9.47 Å². The molecule has 3 aromatic carbocycles. The third-order valence-corrected chi connectivity index (χ3v) is 7.80. The fourth-order valence-corrected chi connectivity index (χ4v) is 5.44. The number of alkyl halides is 3. The van der Waals surface area contributed by atoms with Gasteiger partial charge in [0.1, 0.15) is 35.6 Å². The summed E-state index contributed by atoms with van der Waals surface area (Å²) in [6.45, 7) is 1.25. The third kappa shape index (κ3) is 5.91. The average molecular weight is 606 g/mol. The maximum absolute atomic E-state index is 14.1. The molecular weight excluding hydrogens is 580 g/mol. The van der Waals surface area contributed by atoms with E-state index in [0.717, 1.165) is 12.5 Å². The maximum Gasteiger partial charge on any atom is 0.419 e. The number of aromatic carboxylic acids is 1. The number of carbonyl (C=O) groups is 1. The number of imidazole rings is 1. The first-order valence-electron chi connectivity index (χ1n) is 13.5. The zero-order valence-corrected chi connectivity index (χ0v) is 22.6. The van der Waals surface area contributed by atoms with E-state index < -0.39 is 53.1 Å². The van der Waals surface area contributed by atoms with E-state index in [0.29, 0.717) is 72.8 Å². The third-order valence-electron chi connectivity index (χ3n) is 7.80. The SMILES string of the molecule is O=C(O)c1ccc2nc(CN3CCc4cc(C(F)(F)F)c(OCc5c(F)cc(F)cc5F)cc4C3)n(C[C@@H]3CCO3)c2c1. The first-order valence-corrected chi connectivity index (χ1v) is 13.5. The summed E-state index contributed by atoms with van der Waals surface area (Å²) in [5.41, 5.74) is 0.643. The Morgan fingerprint density at radius 1 is 1.07 bits per heavy atom. The quantitative estimate of drug-likeness (QED) is 0.245. The Morgan fingerprint density at radius 2 is 1.81 bits per heavy atom. The van der Waals surface area contributed by atoms with Crippen LogP contribution in [0.25, 0.3) is 11.0 Å². The lowest BCUT2D eigenvalue weighted by Gasteiger charge is -2.31. The summed E-state index contributed by atoms with van der Waals surface area (Å²) in [5, 5.41) is 9.47. The van der Waals surface area contributed by atoms with E-state index in [1.165, 1.54) is 12.1 Å². The summed E-state index contributed by atoms with van der Waals surface area (Å²) in [5.74, 6) is -4.68. The number of hydrogen-bond donors (Lipinski definition) is 1. The Bertz CT molecular complexity index is 1690. The minimum absolute atomic E-state index is 0.0389. The highest BCUT2D eigenvalue weighted by molar-refractivity contribution is 5.92. The normalized spacial score (nSPS) is 17.1. The largest absolute Gasteiger partial charge is 0.488 e. The zero-order chi connectivity index (χ0) is 30.5. The zero-order valence-electron chi connectivity index (χ0n) is 22.6. The van der Waals surface area contributed by atoms with Crippen molar-refractivity contribution in [3.05, 3.63) is 93.6 Å². The predicted molar refractivity (Wildman–Crippen MR) is 141 cm³/mol. The molecule has 226 valence electrons. The fourth-order valence-electron chi connectivity index (χ4n) is 5.44. The van der Waals surface area contributed by atoms with Gasteiger partial charge < -0.3 is 19.1 Å². The van der Waals surface area contributed by atoms with Gasteiger partial charge in [-0.1, -0.05) is 0 Å². The van der Waals surface area contributed by atoms with Gasteiger partial charge >= 0.3 is 12.1 Å². The highest BCUT2D eigenvalue weighted by Crippen LogP contribution is 2.40. The van der Waals surface area contributed by atoms with Crippen LogP contribution in [-0.2, 0) is 43.6 Å². The second-order valence-corrected chi connectivity index (χ2v) is 10.6. The minimum Gasteiger partial charge on any atom is -0.488 e. The lowest BCUT2D eigenvalue weighted by molar-refractivity contribution is -0.139. The highest BCUT2D eigenvalue weighted by Gasteiger charge is 2.36. The number of hydrogen-bond acceptors (Lipinski definition) is 5. The number of carboxylic acids is 1. The van der Waals surface area contributed by atoms with Gasteiger partial charge in [-0.2, -0.15) is 13.2 Å². The molecule has 0 aliphatic carbocycles. The van der Waals surface area contributed by atoms with E-state index in [4.69, 9.17) is 14.5 Å². The first-order chi connectivity index (χ1) is 20.5. The van der Waals surface area contributed by atoms with Crippen LogP contribution in [0, 0.1) is 17.5 Å². The Balaban J connectivity index is 1.28. The van der Waals surface area contributed by atoms with Crippen molar-refractivity contribution in [1.82, 2.24) is 14.5 Å². The van der Waals surface area contributed by atoms with Crippen molar-refractivity contribution in [2.75, 3.05) is 13.2 Å². The van der Waals surface area contributed by atoms with Gasteiger partial charge in [0.15, 0.2) is 0 Å². The Labute approximate surface area is 241 Å². The topological polar surface area (TPSA) is 76.8 Å². The van der Waals surface area contributed by atoms with Crippen LogP contribution >= 0.6 is 0 Å². The molecule has 0 spiro atoms. The van der Waals surface area contributed by atoms with Crippen molar-refractivity contribution in [1.29, 1.82) is 0 Å². The molecule has 0 unspecified atom stereocenters. The molecule has 0 radical (unpaired) electrons. The number of aromatic nitrogens is 2. The average Bonchev–Trinajstić information content (AvgIpc) is 3.24. The molecule has 2 aliphatic heterocycles. The molecule has 43 heavy (non-hydrogen) atoms. The monoisotopic (exact) mass is 605 g/mol. The van der Waals surface area contributed by atoms with Crippen LogP contribution in [0.1, 0.15) is 44.9 Å². The number of rotatable bonds is 8. The van der Waals surface area contributed by atoms with Crippen LogP contribution in [-0.4, -0.2) is 44.8 Å². The van der Waals surface area contributed by atoms with Gasteiger partial charge in [0, 0.05) is 31.8 Å². The number of fused-ring (bicyclic) bond motifs is 2. The molecule has 1 atom stereocenters. The van der Waals surface area contributed by atoms with Gasteiger partial charge in [-0.05, 0) is 54.3 Å². The maximum atomic E-state index is 14.1. The van der Waals surface area contributed by atoms with Crippen LogP contribution in [0.15, 0.2) is 42.5 Å². The van der Waals surface area contributed by atoms with Crippen molar-refractivity contribution in [3.8, 4) is 5.75 Å². The molecule has 4 aromatic rings. The molecule has 1 aromatic heterocycles. The molecule has 6 rings (SSSR count). The van der Waals surface area contributed by atoms with Crippen LogP contribution in [0.4, 0.5) is 26.3 Å². The number of carboxylic acid groups (broad SMARTS) is 1. The molecule has 0 bridgehead atoms. The van der Waals surface area contributed by atoms with Crippen molar-refractivity contribution in [2.45, 2.75) is 51.4 Å². The summed E-state index contributed by atoms with van der Waals surface area (Å²) < 4.78 is 96.2. The van der Waals surface area contributed by atoms with Crippen LogP contribution in [0.2, 0.25) is 0 Å². The van der Waals surface area contributed by atoms with Gasteiger partial charge in [-0.15, -0.1) is 0 Å². The highest BCUT2D eigenvalue weighted by atomic mass is 19.4. The van der Waals surface area contributed by atoms with Crippen LogP contribution < -0.4 is 4.74 Å². The summed E-state index contributed by atoms with van der Waals surface area (Å²) in [6, 6.07) is 7.78. The van der Waals surface area contributed by atoms with Crippen LogP contribution in [0.3, 0.4) is 0 Å². The van der Waals surface area contributed by atoms with Gasteiger partial charge in [0.05, 0.1) is 46.9 Å². The molecular formula is C30H25F6N3O4. The Hall–Kier alpha value is -4.10. The van der Waals surface area contributed by atoms with Gasteiger partial charge in [-0.3, -0.25) is 4.90 Å². The number of benzene rings is 3. The van der Waals surface area contributed by atoms with E-state index >= 15 is 0 Å². The van der Waals surface area contributed by atoms with Gasteiger partial charge in [0.25, 0.3) is 0 Å².